The highest BCUT2D eigenvalue weighted by molar-refractivity contribution is 6.31. The Morgan fingerprint density at radius 1 is 0.824 bits per heavy atom. The first-order valence-corrected chi connectivity index (χ1v) is 12.7. The molecule has 6 nitrogen and oxygen atoms in total. The van der Waals surface area contributed by atoms with Gasteiger partial charge in [-0.3, -0.25) is 14.4 Å². The summed E-state index contributed by atoms with van der Waals surface area (Å²) in [4.78, 5) is 20.6. The zero-order chi connectivity index (χ0) is 23.3. The topological polar surface area (TPSA) is 44.6 Å². The number of aromatic nitrogens is 2. The molecular formula is C27H32ClN5O. The molecule has 2 aromatic carbocycles. The van der Waals surface area contributed by atoms with Gasteiger partial charge in [-0.25, -0.2) is 0 Å². The highest BCUT2D eigenvalue weighted by Crippen LogP contribution is 2.25. The van der Waals surface area contributed by atoms with Crippen LogP contribution >= 0.6 is 11.6 Å². The SMILES string of the molecule is O=C(c1cn(Cc2ccccc2Cl)nc1-c1ccccc1)N1CCN(CCN2CCCC2)CC1. The van der Waals surface area contributed by atoms with Crippen molar-refractivity contribution in [1.29, 1.82) is 0 Å². The summed E-state index contributed by atoms with van der Waals surface area (Å²) in [6, 6.07) is 17.7. The van der Waals surface area contributed by atoms with E-state index in [1.807, 2.05) is 70.4 Å². The maximum Gasteiger partial charge on any atom is 0.257 e. The molecule has 3 aromatic rings. The number of likely N-dealkylation sites (tertiary alicyclic amines) is 1. The molecule has 0 bridgehead atoms. The lowest BCUT2D eigenvalue weighted by Gasteiger charge is -2.35. The molecule has 2 saturated heterocycles. The number of amides is 1. The Labute approximate surface area is 206 Å². The highest BCUT2D eigenvalue weighted by atomic mass is 35.5. The van der Waals surface area contributed by atoms with Crippen molar-refractivity contribution in [3.05, 3.63) is 76.9 Å². The summed E-state index contributed by atoms with van der Waals surface area (Å²) >= 11 is 6.38. The van der Waals surface area contributed by atoms with Gasteiger partial charge < -0.3 is 9.80 Å². The van der Waals surface area contributed by atoms with E-state index in [0.29, 0.717) is 17.1 Å². The molecule has 0 unspecified atom stereocenters. The zero-order valence-corrected chi connectivity index (χ0v) is 20.3. The fourth-order valence-corrected chi connectivity index (χ4v) is 5.10. The van der Waals surface area contributed by atoms with Crippen LogP contribution in [-0.4, -0.2) is 82.7 Å². The number of hydrogen-bond acceptors (Lipinski definition) is 4. The van der Waals surface area contributed by atoms with Crippen LogP contribution in [0.25, 0.3) is 11.3 Å². The third-order valence-electron chi connectivity index (χ3n) is 6.92. The van der Waals surface area contributed by atoms with E-state index >= 15 is 0 Å². The third kappa shape index (κ3) is 5.35. The van der Waals surface area contributed by atoms with E-state index in [-0.39, 0.29) is 5.91 Å². The van der Waals surface area contributed by atoms with Gasteiger partial charge in [0, 0.05) is 56.1 Å². The van der Waals surface area contributed by atoms with Crippen molar-refractivity contribution in [2.24, 2.45) is 0 Å². The predicted octanol–water partition coefficient (Wildman–Crippen LogP) is 4.11. The van der Waals surface area contributed by atoms with Crippen molar-refractivity contribution >= 4 is 17.5 Å². The molecule has 34 heavy (non-hydrogen) atoms. The summed E-state index contributed by atoms with van der Waals surface area (Å²) in [5.41, 5.74) is 3.32. The zero-order valence-electron chi connectivity index (χ0n) is 19.6. The summed E-state index contributed by atoms with van der Waals surface area (Å²) in [5.74, 6) is 0.0588. The minimum atomic E-state index is 0.0588. The van der Waals surface area contributed by atoms with E-state index in [1.165, 1.54) is 25.9 Å². The Morgan fingerprint density at radius 2 is 1.47 bits per heavy atom. The van der Waals surface area contributed by atoms with Crippen molar-refractivity contribution < 1.29 is 4.79 Å². The van der Waals surface area contributed by atoms with Crippen LogP contribution in [0.5, 0.6) is 0 Å². The summed E-state index contributed by atoms with van der Waals surface area (Å²) in [7, 11) is 0. The summed E-state index contributed by atoms with van der Waals surface area (Å²) in [6.45, 7) is 8.58. The molecule has 0 N–H and O–H groups in total. The van der Waals surface area contributed by atoms with E-state index in [9.17, 15) is 4.79 Å². The quantitative estimate of drug-likeness (QED) is 0.514. The molecule has 0 atom stereocenters. The fourth-order valence-electron chi connectivity index (χ4n) is 4.90. The van der Waals surface area contributed by atoms with E-state index in [0.717, 1.165) is 56.1 Å². The van der Waals surface area contributed by atoms with Gasteiger partial charge in [-0.15, -0.1) is 0 Å². The van der Waals surface area contributed by atoms with Gasteiger partial charge in [0.1, 0.15) is 5.69 Å². The van der Waals surface area contributed by atoms with Gasteiger partial charge in [-0.2, -0.15) is 5.10 Å². The van der Waals surface area contributed by atoms with Gasteiger partial charge in [-0.1, -0.05) is 60.1 Å². The number of carbonyl (C=O) groups is 1. The van der Waals surface area contributed by atoms with Crippen molar-refractivity contribution in [3.8, 4) is 11.3 Å². The molecule has 1 amide bonds. The van der Waals surface area contributed by atoms with Crippen LogP contribution in [0, 0.1) is 0 Å². The summed E-state index contributed by atoms with van der Waals surface area (Å²) in [6.07, 6.45) is 4.54. The Bertz CT molecular complexity index is 1100. The molecule has 2 fully saturated rings. The second kappa shape index (κ2) is 10.7. The van der Waals surface area contributed by atoms with E-state index in [2.05, 4.69) is 9.80 Å². The van der Waals surface area contributed by atoms with Crippen molar-refractivity contribution in [2.45, 2.75) is 19.4 Å². The highest BCUT2D eigenvalue weighted by Gasteiger charge is 2.27. The smallest absolute Gasteiger partial charge is 0.257 e. The maximum absolute atomic E-state index is 13.6. The molecule has 0 spiro atoms. The van der Waals surface area contributed by atoms with E-state index < -0.39 is 0 Å². The molecule has 2 aliphatic rings. The van der Waals surface area contributed by atoms with Crippen LogP contribution in [0.4, 0.5) is 0 Å². The Morgan fingerprint density at radius 3 is 2.18 bits per heavy atom. The van der Waals surface area contributed by atoms with Crippen molar-refractivity contribution in [2.75, 3.05) is 52.4 Å². The molecule has 7 heteroatoms. The average molecular weight is 478 g/mol. The normalized spacial score (nSPS) is 17.4. The number of carbonyl (C=O) groups excluding carboxylic acids is 1. The van der Waals surface area contributed by atoms with Crippen LogP contribution in [0.3, 0.4) is 0 Å². The van der Waals surface area contributed by atoms with Gasteiger partial charge in [-0.05, 0) is 37.6 Å². The van der Waals surface area contributed by atoms with Gasteiger partial charge in [0.05, 0.1) is 12.1 Å². The minimum absolute atomic E-state index is 0.0588. The van der Waals surface area contributed by atoms with Crippen LogP contribution in [0.15, 0.2) is 60.8 Å². The maximum atomic E-state index is 13.6. The van der Waals surface area contributed by atoms with Crippen molar-refractivity contribution in [1.82, 2.24) is 24.5 Å². The van der Waals surface area contributed by atoms with Crippen LogP contribution in [0.1, 0.15) is 28.8 Å². The standard InChI is InChI=1S/C27H32ClN5O/c28-25-11-5-4-10-23(25)20-33-21-24(26(29-33)22-8-2-1-3-9-22)27(34)32-18-16-31(17-19-32)15-14-30-12-6-7-13-30/h1-5,8-11,21H,6-7,12-20H2. The lowest BCUT2D eigenvalue weighted by Crippen LogP contribution is -2.50. The Hall–Kier alpha value is -2.67. The number of piperazine rings is 1. The van der Waals surface area contributed by atoms with Crippen LogP contribution in [-0.2, 0) is 6.54 Å². The number of nitrogens with zero attached hydrogens (tertiary/aromatic N) is 5. The number of halogens is 1. The Kier molecular flexibility index (Phi) is 7.28. The predicted molar refractivity (Wildman–Crippen MR) is 136 cm³/mol. The Balaban J connectivity index is 1.30. The first-order valence-electron chi connectivity index (χ1n) is 12.3. The van der Waals surface area contributed by atoms with Crippen molar-refractivity contribution in [3.63, 3.8) is 0 Å². The first kappa shape index (κ1) is 23.1. The van der Waals surface area contributed by atoms with Crippen LogP contribution in [0.2, 0.25) is 5.02 Å². The molecule has 3 heterocycles. The van der Waals surface area contributed by atoms with Gasteiger partial charge in [0.2, 0.25) is 0 Å². The lowest BCUT2D eigenvalue weighted by atomic mass is 10.1. The monoisotopic (exact) mass is 477 g/mol. The molecule has 0 saturated carbocycles. The third-order valence-corrected chi connectivity index (χ3v) is 7.29. The molecule has 2 aliphatic heterocycles. The molecule has 0 radical (unpaired) electrons. The second-order valence-electron chi connectivity index (χ2n) is 9.23. The molecule has 0 aliphatic carbocycles. The fraction of sp³-hybridized carbons (Fsp3) is 0.407. The van der Waals surface area contributed by atoms with Gasteiger partial charge >= 0.3 is 0 Å². The number of benzene rings is 2. The molecule has 1 aromatic heterocycles. The summed E-state index contributed by atoms with van der Waals surface area (Å²) < 4.78 is 1.84. The van der Waals surface area contributed by atoms with Gasteiger partial charge in [0.15, 0.2) is 0 Å². The van der Waals surface area contributed by atoms with E-state index in [4.69, 9.17) is 16.7 Å². The molecular weight excluding hydrogens is 446 g/mol. The molecule has 5 rings (SSSR count). The molecule has 178 valence electrons. The lowest BCUT2D eigenvalue weighted by molar-refractivity contribution is 0.0627. The van der Waals surface area contributed by atoms with Gasteiger partial charge in [0.25, 0.3) is 5.91 Å². The number of hydrogen-bond donors (Lipinski definition) is 0. The number of rotatable bonds is 7. The first-order chi connectivity index (χ1) is 16.7. The van der Waals surface area contributed by atoms with Crippen LogP contribution < -0.4 is 0 Å². The summed E-state index contributed by atoms with van der Waals surface area (Å²) in [5, 5.41) is 5.52. The minimum Gasteiger partial charge on any atom is -0.336 e. The second-order valence-corrected chi connectivity index (χ2v) is 9.64. The van der Waals surface area contributed by atoms with E-state index in [1.54, 1.807) is 0 Å². The largest absolute Gasteiger partial charge is 0.336 e. The average Bonchev–Trinajstić information content (AvgIpc) is 3.55.